The van der Waals surface area contributed by atoms with Crippen molar-refractivity contribution in [3.05, 3.63) is 0 Å². The maximum atomic E-state index is 7.00. The van der Waals surface area contributed by atoms with Gasteiger partial charge in [-0.3, -0.25) is 0 Å². The Morgan fingerprint density at radius 3 is 0.188 bits per heavy atom. The zero-order chi connectivity index (χ0) is 16.0. The Balaban J connectivity index is -0.00000000762. The van der Waals surface area contributed by atoms with Gasteiger partial charge in [-0.15, -0.1) is 0 Å². The lowest BCUT2D eigenvalue weighted by Gasteiger charge is -1.21. The third kappa shape index (κ3) is 21500. The molecule has 0 fully saturated rings. The van der Waals surface area contributed by atoms with Crippen LogP contribution >= 0.6 is 0 Å². The van der Waals surface area contributed by atoms with Gasteiger partial charge in [-0.2, -0.15) is 0 Å². The fourth-order valence-electron chi connectivity index (χ4n) is 0. The van der Waals surface area contributed by atoms with Gasteiger partial charge in [0.2, 0.25) is 0 Å². The molecule has 0 radical (unpaired) electrons. The van der Waals surface area contributed by atoms with E-state index in [0.717, 1.165) is 56.9 Å². The van der Waals surface area contributed by atoms with Crippen molar-refractivity contribution in [1.82, 2.24) is 0 Å². The first-order chi connectivity index (χ1) is 8.00. The van der Waals surface area contributed by atoms with Gasteiger partial charge in [0.25, 0.3) is 0 Å². The Morgan fingerprint density at radius 1 is 0.188 bits per heavy atom. The van der Waals surface area contributed by atoms with Crippen LogP contribution in [0.25, 0.3) is 0 Å². The molecule has 0 aromatic rings. The highest BCUT2D eigenvalue weighted by Crippen LogP contribution is 0.769. The molecule has 8 heteroatoms. The van der Waals surface area contributed by atoms with E-state index in [0.29, 0.717) is 0 Å². The predicted molar refractivity (Wildman–Crippen MR) is 65.1 cm³/mol. The second-order valence-electron chi connectivity index (χ2n) is 0. The standard InChI is InChI=1S/8CH4O/c8*1-2/h8*2H,1H3. The summed E-state index contributed by atoms with van der Waals surface area (Å²) in [5.41, 5.74) is 0. The quantitative estimate of drug-likeness (QED) is 0.225. The summed E-state index contributed by atoms with van der Waals surface area (Å²) in [6.45, 7) is 0. The van der Waals surface area contributed by atoms with Gasteiger partial charge in [0.1, 0.15) is 0 Å². The maximum Gasteiger partial charge on any atom is 0.0319 e. The van der Waals surface area contributed by atoms with Gasteiger partial charge >= 0.3 is 0 Å². The lowest BCUT2D eigenvalue weighted by Crippen LogP contribution is -1.25. The average molecular weight is 256 g/mol. The number of hydrogen-bond acceptors (Lipinski definition) is 8. The predicted octanol–water partition coefficient (Wildman–Crippen LogP) is -3.13. The molecular formula is C8H32O8. The summed E-state index contributed by atoms with van der Waals surface area (Å²) in [6.07, 6.45) is 0. The molecule has 8 nitrogen and oxygen atoms in total. The third-order valence-corrected chi connectivity index (χ3v) is 0. The summed E-state index contributed by atoms with van der Waals surface area (Å²) in [5, 5.41) is 56.0. The monoisotopic (exact) mass is 256 g/mol. The first kappa shape index (κ1) is 57.3. The lowest BCUT2D eigenvalue weighted by molar-refractivity contribution is 0.399. The summed E-state index contributed by atoms with van der Waals surface area (Å²) < 4.78 is 0. The fourth-order valence-corrected chi connectivity index (χ4v) is 0. The molecule has 0 aliphatic carbocycles. The van der Waals surface area contributed by atoms with Crippen LogP contribution < -0.4 is 0 Å². The zero-order valence-electron chi connectivity index (χ0n) is 11.6. The highest BCUT2D eigenvalue weighted by molar-refractivity contribution is 3.19. The van der Waals surface area contributed by atoms with Crippen LogP contribution in [0, 0.1) is 0 Å². The van der Waals surface area contributed by atoms with Crippen LogP contribution in [0.1, 0.15) is 0 Å². The molecule has 0 aromatic heterocycles. The van der Waals surface area contributed by atoms with Crippen molar-refractivity contribution in [2.75, 3.05) is 56.9 Å². The smallest absolute Gasteiger partial charge is 0.0319 e. The van der Waals surface area contributed by atoms with Crippen molar-refractivity contribution in [1.29, 1.82) is 0 Å². The van der Waals surface area contributed by atoms with E-state index in [2.05, 4.69) is 0 Å². The molecule has 0 amide bonds. The van der Waals surface area contributed by atoms with E-state index in [9.17, 15) is 0 Å². The molecule has 8 N–H and O–H groups in total. The molecule has 0 saturated heterocycles. The molecule has 0 heterocycles. The van der Waals surface area contributed by atoms with Crippen LogP contribution in [0.15, 0.2) is 0 Å². The van der Waals surface area contributed by atoms with Gasteiger partial charge in [-0.1, -0.05) is 0 Å². The second kappa shape index (κ2) is 26800. The summed E-state index contributed by atoms with van der Waals surface area (Å²) >= 11 is 0. The molecule has 0 saturated carbocycles. The van der Waals surface area contributed by atoms with E-state index in [-0.39, 0.29) is 0 Å². The summed E-state index contributed by atoms with van der Waals surface area (Å²) in [5.74, 6) is 0. The van der Waals surface area contributed by atoms with Crippen molar-refractivity contribution >= 4 is 0 Å². The van der Waals surface area contributed by atoms with Gasteiger partial charge in [-0.25, -0.2) is 0 Å². The molecule has 0 aromatic carbocycles. The molecular weight excluding hydrogens is 224 g/mol. The zero-order valence-corrected chi connectivity index (χ0v) is 11.6. The normalized spacial score (nSPS) is 3.00. The van der Waals surface area contributed by atoms with E-state index in [4.69, 9.17) is 40.9 Å². The van der Waals surface area contributed by atoms with Gasteiger partial charge in [-0.05, 0) is 0 Å². The molecule has 0 aliphatic rings. The van der Waals surface area contributed by atoms with E-state index >= 15 is 0 Å². The first-order valence-electron chi connectivity index (χ1n) is 3.58. The average Bonchev–Trinajstić information content (AvgIpc) is 2.54. The SMILES string of the molecule is CO.CO.CO.CO.CO.CO.CO.CO. The third-order valence-electron chi connectivity index (χ3n) is 0. The fraction of sp³-hybridized carbons (Fsp3) is 1.00. The topological polar surface area (TPSA) is 162 Å². The molecule has 0 aliphatic heterocycles. The van der Waals surface area contributed by atoms with Crippen LogP contribution in [-0.4, -0.2) is 97.7 Å². The highest BCUT2D eigenvalue weighted by Gasteiger charge is 0.853. The Kier molecular flexibility index (Phi) is 96100. The summed E-state index contributed by atoms with van der Waals surface area (Å²) in [7, 11) is 8.00. The number of aliphatic hydroxyl groups excluding tert-OH is 8. The lowest BCUT2D eigenvalue weighted by atomic mass is 11.8. The van der Waals surface area contributed by atoms with Gasteiger partial charge < -0.3 is 40.9 Å². The molecule has 0 unspecified atom stereocenters. The van der Waals surface area contributed by atoms with Crippen molar-refractivity contribution in [2.45, 2.75) is 0 Å². The van der Waals surface area contributed by atoms with Gasteiger partial charge in [0, 0.05) is 56.9 Å². The summed E-state index contributed by atoms with van der Waals surface area (Å²) in [4.78, 5) is 0. The Hall–Kier alpha value is -0.320. The minimum Gasteiger partial charge on any atom is -0.400 e. The van der Waals surface area contributed by atoms with Gasteiger partial charge in [0.05, 0.1) is 0 Å². The van der Waals surface area contributed by atoms with Crippen molar-refractivity contribution < 1.29 is 40.9 Å². The highest BCUT2D eigenvalue weighted by atomic mass is 16.2. The van der Waals surface area contributed by atoms with Crippen molar-refractivity contribution in [3.63, 3.8) is 0 Å². The Labute approximate surface area is 98.7 Å². The van der Waals surface area contributed by atoms with Crippen molar-refractivity contribution in [2.24, 2.45) is 0 Å². The number of hydrogen-bond donors (Lipinski definition) is 8. The number of rotatable bonds is 0. The molecule has 0 rings (SSSR count). The van der Waals surface area contributed by atoms with Crippen LogP contribution in [0.3, 0.4) is 0 Å². The first-order valence-corrected chi connectivity index (χ1v) is 3.58. The molecule has 112 valence electrons. The molecule has 16 heavy (non-hydrogen) atoms. The maximum absolute atomic E-state index is 7.00. The second-order valence-corrected chi connectivity index (χ2v) is 0. The Morgan fingerprint density at radius 2 is 0.188 bits per heavy atom. The summed E-state index contributed by atoms with van der Waals surface area (Å²) in [6, 6.07) is 0. The molecule has 0 spiro atoms. The van der Waals surface area contributed by atoms with Crippen LogP contribution in [0.5, 0.6) is 0 Å². The molecule has 0 bridgehead atoms. The largest absolute Gasteiger partial charge is 0.400 e. The molecule has 0 atom stereocenters. The minimum atomic E-state index is 1.00. The van der Waals surface area contributed by atoms with Crippen molar-refractivity contribution in [3.8, 4) is 0 Å². The van der Waals surface area contributed by atoms with Crippen LogP contribution in [0.4, 0.5) is 0 Å². The van der Waals surface area contributed by atoms with E-state index in [1.807, 2.05) is 0 Å². The minimum absolute atomic E-state index is 1.00. The van der Waals surface area contributed by atoms with Crippen LogP contribution in [0.2, 0.25) is 0 Å². The van der Waals surface area contributed by atoms with E-state index in [1.165, 1.54) is 0 Å². The van der Waals surface area contributed by atoms with E-state index in [1.54, 1.807) is 0 Å². The van der Waals surface area contributed by atoms with Crippen LogP contribution in [-0.2, 0) is 0 Å². The van der Waals surface area contributed by atoms with Gasteiger partial charge in [0.15, 0.2) is 0 Å². The number of aliphatic hydroxyl groups is 8. The van der Waals surface area contributed by atoms with E-state index < -0.39 is 0 Å². The Bertz CT molecular complexity index is 16.0.